The smallest absolute Gasteiger partial charge is 0.306 e. The maximum absolute atomic E-state index is 11.5. The van der Waals surface area contributed by atoms with Crippen molar-refractivity contribution in [2.45, 2.75) is 39.0 Å². The molecule has 0 radical (unpaired) electrons. The van der Waals surface area contributed by atoms with Gasteiger partial charge in [-0.25, -0.2) is 0 Å². The summed E-state index contributed by atoms with van der Waals surface area (Å²) in [6.45, 7) is 4.23. The Morgan fingerprint density at radius 1 is 1.41 bits per heavy atom. The third kappa shape index (κ3) is 2.87. The van der Waals surface area contributed by atoms with E-state index in [-0.39, 0.29) is 5.97 Å². The van der Waals surface area contributed by atoms with Crippen LogP contribution in [0.5, 0.6) is 0 Å². The van der Waals surface area contributed by atoms with E-state index in [4.69, 9.17) is 4.74 Å². The predicted octanol–water partition coefficient (Wildman–Crippen LogP) is 3.36. The van der Waals surface area contributed by atoms with Crippen LogP contribution in [-0.2, 0) is 9.53 Å². The Morgan fingerprint density at radius 2 is 2.12 bits per heavy atom. The average Bonchev–Trinajstić information content (AvgIpc) is 3.10. The van der Waals surface area contributed by atoms with E-state index >= 15 is 0 Å². The molecule has 0 N–H and O–H groups in total. The second-order valence-corrected chi connectivity index (χ2v) is 5.08. The van der Waals surface area contributed by atoms with Crippen LogP contribution in [0.4, 0.5) is 0 Å². The van der Waals surface area contributed by atoms with Crippen molar-refractivity contribution in [2.24, 2.45) is 5.92 Å². The van der Waals surface area contributed by atoms with Crippen LogP contribution < -0.4 is 0 Å². The molecule has 1 atom stereocenters. The van der Waals surface area contributed by atoms with E-state index in [1.54, 1.807) is 0 Å². The summed E-state index contributed by atoms with van der Waals surface area (Å²) in [7, 11) is 1.47. The van der Waals surface area contributed by atoms with Gasteiger partial charge in [-0.05, 0) is 49.7 Å². The van der Waals surface area contributed by atoms with Gasteiger partial charge in [0.2, 0.25) is 0 Å². The first-order chi connectivity index (χ1) is 8.11. The Labute approximate surface area is 103 Å². The number of benzene rings is 1. The molecule has 0 spiro atoms. The first-order valence-electron chi connectivity index (χ1n) is 6.25. The highest BCUT2D eigenvalue weighted by molar-refractivity contribution is 5.70. The van der Waals surface area contributed by atoms with E-state index in [0.29, 0.717) is 18.3 Å². The number of carbonyl (C=O) groups is 1. The van der Waals surface area contributed by atoms with Gasteiger partial charge in [0.15, 0.2) is 0 Å². The molecule has 0 aromatic heterocycles. The summed E-state index contributed by atoms with van der Waals surface area (Å²) < 4.78 is 4.80. The van der Waals surface area contributed by atoms with Crippen molar-refractivity contribution in [1.82, 2.24) is 0 Å². The Kier molecular flexibility index (Phi) is 3.51. The predicted molar refractivity (Wildman–Crippen MR) is 68.0 cm³/mol. The normalized spacial score (nSPS) is 16.6. The summed E-state index contributed by atoms with van der Waals surface area (Å²) in [5.74, 6) is 0.931. The fourth-order valence-corrected chi connectivity index (χ4v) is 2.53. The molecule has 0 heterocycles. The number of hydrogen-bond acceptors (Lipinski definition) is 2. The number of ether oxygens (including phenoxy) is 1. The van der Waals surface area contributed by atoms with Gasteiger partial charge in [0.05, 0.1) is 13.5 Å². The molecular weight excluding hydrogens is 212 g/mol. The molecule has 1 aliphatic rings. The standard InChI is InChI=1S/C15H20O2/c1-10-4-7-13(11(2)8-10)14(12-5-6-12)9-15(16)17-3/h4,7-8,12,14H,5-6,9H2,1-3H3. The van der Waals surface area contributed by atoms with Crippen molar-refractivity contribution >= 4 is 5.97 Å². The molecule has 2 rings (SSSR count). The van der Waals surface area contributed by atoms with E-state index < -0.39 is 0 Å². The number of hydrogen-bond donors (Lipinski definition) is 0. The lowest BCUT2D eigenvalue weighted by molar-refractivity contribution is -0.141. The van der Waals surface area contributed by atoms with Crippen LogP contribution in [0.2, 0.25) is 0 Å². The van der Waals surface area contributed by atoms with E-state index in [9.17, 15) is 4.79 Å². The lowest BCUT2D eigenvalue weighted by Gasteiger charge is -2.18. The average molecular weight is 232 g/mol. The van der Waals surface area contributed by atoms with E-state index in [1.807, 2.05) is 0 Å². The lowest BCUT2D eigenvalue weighted by Crippen LogP contribution is -2.11. The van der Waals surface area contributed by atoms with Gasteiger partial charge >= 0.3 is 5.97 Å². The minimum absolute atomic E-state index is 0.0955. The van der Waals surface area contributed by atoms with Crippen LogP contribution in [0.15, 0.2) is 18.2 Å². The molecule has 0 bridgehead atoms. The monoisotopic (exact) mass is 232 g/mol. The minimum atomic E-state index is -0.0955. The van der Waals surface area contributed by atoms with Crippen molar-refractivity contribution in [2.75, 3.05) is 7.11 Å². The minimum Gasteiger partial charge on any atom is -0.469 e. The van der Waals surface area contributed by atoms with Gasteiger partial charge in [-0.15, -0.1) is 0 Å². The zero-order valence-electron chi connectivity index (χ0n) is 10.8. The number of esters is 1. The molecule has 1 saturated carbocycles. The number of methoxy groups -OCH3 is 1. The molecule has 0 saturated heterocycles. The van der Waals surface area contributed by atoms with Crippen LogP contribution in [0, 0.1) is 19.8 Å². The number of carbonyl (C=O) groups excluding carboxylic acids is 1. The maximum Gasteiger partial charge on any atom is 0.306 e. The summed E-state index contributed by atoms with van der Waals surface area (Å²) >= 11 is 0. The molecule has 17 heavy (non-hydrogen) atoms. The summed E-state index contributed by atoms with van der Waals surface area (Å²) in [6.07, 6.45) is 3.01. The first-order valence-corrected chi connectivity index (χ1v) is 6.25. The summed E-state index contributed by atoms with van der Waals surface area (Å²) in [5.41, 5.74) is 3.90. The molecule has 2 nitrogen and oxygen atoms in total. The highest BCUT2D eigenvalue weighted by atomic mass is 16.5. The van der Waals surface area contributed by atoms with E-state index in [2.05, 4.69) is 32.0 Å². The zero-order chi connectivity index (χ0) is 12.4. The number of rotatable bonds is 4. The van der Waals surface area contributed by atoms with Gasteiger partial charge in [0.1, 0.15) is 0 Å². The molecule has 92 valence electrons. The van der Waals surface area contributed by atoms with Crippen molar-refractivity contribution in [3.63, 3.8) is 0 Å². The zero-order valence-corrected chi connectivity index (χ0v) is 10.8. The van der Waals surface area contributed by atoms with Crippen LogP contribution in [0.3, 0.4) is 0 Å². The van der Waals surface area contributed by atoms with Gasteiger partial charge in [0, 0.05) is 0 Å². The molecule has 0 aliphatic heterocycles. The summed E-state index contributed by atoms with van der Waals surface area (Å²) in [6, 6.07) is 6.51. The molecule has 0 amide bonds. The molecule has 1 aromatic carbocycles. The molecule has 1 aromatic rings. The Balaban J connectivity index is 2.22. The van der Waals surface area contributed by atoms with E-state index in [1.165, 1.54) is 36.6 Å². The van der Waals surface area contributed by atoms with Crippen molar-refractivity contribution in [1.29, 1.82) is 0 Å². The first kappa shape index (κ1) is 12.2. The SMILES string of the molecule is COC(=O)CC(c1ccc(C)cc1C)C1CC1. The van der Waals surface area contributed by atoms with Crippen LogP contribution in [0.1, 0.15) is 41.9 Å². The van der Waals surface area contributed by atoms with Crippen LogP contribution in [-0.4, -0.2) is 13.1 Å². The Bertz CT molecular complexity index is 419. The molecule has 1 fully saturated rings. The highest BCUT2D eigenvalue weighted by Gasteiger charge is 2.34. The topological polar surface area (TPSA) is 26.3 Å². The van der Waals surface area contributed by atoms with Gasteiger partial charge in [-0.1, -0.05) is 23.8 Å². The van der Waals surface area contributed by atoms with Crippen molar-refractivity contribution in [3.05, 3.63) is 34.9 Å². The van der Waals surface area contributed by atoms with Crippen LogP contribution >= 0.6 is 0 Å². The summed E-state index contributed by atoms with van der Waals surface area (Å²) in [4.78, 5) is 11.5. The van der Waals surface area contributed by atoms with Crippen molar-refractivity contribution in [3.8, 4) is 0 Å². The maximum atomic E-state index is 11.5. The highest BCUT2D eigenvalue weighted by Crippen LogP contribution is 2.45. The van der Waals surface area contributed by atoms with Gasteiger partial charge < -0.3 is 4.74 Å². The second-order valence-electron chi connectivity index (χ2n) is 5.08. The quantitative estimate of drug-likeness (QED) is 0.744. The lowest BCUT2D eigenvalue weighted by atomic mass is 9.87. The van der Waals surface area contributed by atoms with Crippen LogP contribution in [0.25, 0.3) is 0 Å². The Hall–Kier alpha value is -1.31. The van der Waals surface area contributed by atoms with Gasteiger partial charge in [-0.2, -0.15) is 0 Å². The molecule has 2 heteroatoms. The third-order valence-electron chi connectivity index (χ3n) is 3.63. The summed E-state index contributed by atoms with van der Waals surface area (Å²) in [5, 5.41) is 0. The largest absolute Gasteiger partial charge is 0.469 e. The third-order valence-corrected chi connectivity index (χ3v) is 3.63. The van der Waals surface area contributed by atoms with Crippen molar-refractivity contribution < 1.29 is 9.53 Å². The van der Waals surface area contributed by atoms with Gasteiger partial charge in [-0.3, -0.25) is 4.79 Å². The van der Waals surface area contributed by atoms with E-state index in [0.717, 1.165) is 0 Å². The fourth-order valence-electron chi connectivity index (χ4n) is 2.53. The second kappa shape index (κ2) is 4.91. The molecule has 1 aliphatic carbocycles. The fraction of sp³-hybridized carbons (Fsp3) is 0.533. The Morgan fingerprint density at radius 3 is 2.65 bits per heavy atom. The molecule has 1 unspecified atom stereocenters. The molecular formula is C15H20O2. The number of aryl methyl sites for hydroxylation is 2. The van der Waals surface area contributed by atoms with Gasteiger partial charge in [0.25, 0.3) is 0 Å².